The minimum Gasteiger partial charge on any atom is -0.465 e. The van der Waals surface area contributed by atoms with Crippen LogP contribution in [0.5, 0.6) is 0 Å². The van der Waals surface area contributed by atoms with Crippen LogP contribution in [-0.4, -0.2) is 41.6 Å². The molecule has 4 rings (SSSR count). The highest BCUT2D eigenvalue weighted by atomic mass is 16.6. The molecule has 138 valence electrons. The van der Waals surface area contributed by atoms with E-state index in [1.165, 1.54) is 0 Å². The predicted octanol–water partition coefficient (Wildman–Crippen LogP) is 2.73. The Balaban J connectivity index is 1.58. The molecule has 3 unspecified atom stereocenters. The number of ether oxygens (including phenoxy) is 2. The summed E-state index contributed by atoms with van der Waals surface area (Å²) in [6, 6.07) is 9.88. The SMILES string of the molecule is CC(C)COC(=O)C1[C@H]2C=CC3(CN(C(C)c4ccccc4)C(=O)[C@@H]13)O2. The van der Waals surface area contributed by atoms with Gasteiger partial charge >= 0.3 is 5.97 Å². The number of fused-ring (bicyclic) bond motifs is 1. The lowest BCUT2D eigenvalue weighted by molar-refractivity contribution is -0.155. The Morgan fingerprint density at radius 3 is 2.73 bits per heavy atom. The lowest BCUT2D eigenvalue weighted by atomic mass is 9.77. The van der Waals surface area contributed by atoms with Crippen LogP contribution in [0.25, 0.3) is 0 Å². The molecule has 0 saturated carbocycles. The smallest absolute Gasteiger partial charge is 0.312 e. The van der Waals surface area contributed by atoms with Crippen LogP contribution in [0.15, 0.2) is 42.5 Å². The Morgan fingerprint density at radius 2 is 2.04 bits per heavy atom. The number of benzene rings is 1. The molecule has 2 bridgehead atoms. The zero-order valence-corrected chi connectivity index (χ0v) is 15.4. The molecule has 3 aliphatic heterocycles. The normalized spacial score (nSPS) is 33.0. The molecule has 5 nitrogen and oxygen atoms in total. The van der Waals surface area contributed by atoms with E-state index in [1.807, 2.05) is 68.2 Å². The van der Waals surface area contributed by atoms with E-state index < -0.39 is 17.4 Å². The van der Waals surface area contributed by atoms with E-state index in [1.54, 1.807) is 0 Å². The van der Waals surface area contributed by atoms with Crippen LogP contribution < -0.4 is 0 Å². The molecule has 2 saturated heterocycles. The maximum atomic E-state index is 13.2. The van der Waals surface area contributed by atoms with Crippen molar-refractivity contribution in [3.63, 3.8) is 0 Å². The number of carbonyl (C=O) groups is 2. The topological polar surface area (TPSA) is 55.8 Å². The summed E-state index contributed by atoms with van der Waals surface area (Å²) in [7, 11) is 0. The molecule has 3 heterocycles. The van der Waals surface area contributed by atoms with Crippen molar-refractivity contribution in [2.24, 2.45) is 17.8 Å². The third kappa shape index (κ3) is 2.57. The van der Waals surface area contributed by atoms with Crippen LogP contribution >= 0.6 is 0 Å². The fourth-order valence-corrected chi connectivity index (χ4v) is 4.38. The van der Waals surface area contributed by atoms with E-state index in [9.17, 15) is 9.59 Å². The molecule has 3 aliphatic rings. The molecule has 0 aromatic heterocycles. The fraction of sp³-hybridized carbons (Fsp3) is 0.524. The number of likely N-dealkylation sites (tertiary alicyclic amines) is 1. The molecule has 1 aromatic carbocycles. The minimum absolute atomic E-state index is 0.0142. The lowest BCUT2D eigenvalue weighted by Crippen LogP contribution is -2.40. The first-order valence-electron chi connectivity index (χ1n) is 9.32. The molecule has 0 aliphatic carbocycles. The lowest BCUT2D eigenvalue weighted by Gasteiger charge is -2.27. The van der Waals surface area contributed by atoms with Gasteiger partial charge in [-0.05, 0) is 18.4 Å². The Bertz CT molecular complexity index is 744. The van der Waals surface area contributed by atoms with Gasteiger partial charge in [-0.2, -0.15) is 0 Å². The van der Waals surface area contributed by atoms with Crippen LogP contribution in [0.3, 0.4) is 0 Å². The Morgan fingerprint density at radius 1 is 1.31 bits per heavy atom. The monoisotopic (exact) mass is 355 g/mol. The van der Waals surface area contributed by atoms with Gasteiger partial charge in [0.05, 0.1) is 31.2 Å². The molecule has 2 fully saturated rings. The van der Waals surface area contributed by atoms with Gasteiger partial charge in [0.1, 0.15) is 11.5 Å². The maximum absolute atomic E-state index is 13.2. The summed E-state index contributed by atoms with van der Waals surface area (Å²) in [6.07, 6.45) is 3.55. The van der Waals surface area contributed by atoms with Gasteiger partial charge in [0.25, 0.3) is 0 Å². The van der Waals surface area contributed by atoms with E-state index in [0.29, 0.717) is 13.2 Å². The van der Waals surface area contributed by atoms with Crippen molar-refractivity contribution in [1.29, 1.82) is 0 Å². The summed E-state index contributed by atoms with van der Waals surface area (Å²) >= 11 is 0. The number of hydrogen-bond acceptors (Lipinski definition) is 4. The quantitative estimate of drug-likeness (QED) is 0.602. The average Bonchev–Trinajstić information content (AvgIpc) is 3.28. The summed E-state index contributed by atoms with van der Waals surface area (Å²) in [4.78, 5) is 27.7. The number of amides is 1. The predicted molar refractivity (Wildman–Crippen MR) is 96.1 cm³/mol. The van der Waals surface area contributed by atoms with E-state index in [4.69, 9.17) is 9.47 Å². The molecule has 1 spiro atoms. The third-order valence-electron chi connectivity index (χ3n) is 5.71. The molecule has 26 heavy (non-hydrogen) atoms. The molecule has 0 N–H and O–H groups in total. The Hall–Kier alpha value is -2.14. The van der Waals surface area contributed by atoms with Gasteiger partial charge in [-0.3, -0.25) is 9.59 Å². The minimum atomic E-state index is -0.688. The van der Waals surface area contributed by atoms with Crippen molar-refractivity contribution in [1.82, 2.24) is 4.90 Å². The van der Waals surface area contributed by atoms with Crippen molar-refractivity contribution in [2.45, 2.75) is 38.5 Å². The summed E-state index contributed by atoms with van der Waals surface area (Å²) in [5.74, 6) is -1.10. The standard InChI is InChI=1S/C21H25NO4/c1-13(2)11-25-20(24)17-16-9-10-21(26-16)12-22(19(23)18(17)21)14(3)15-7-5-4-6-8-15/h4-10,13-14,16-18H,11-12H2,1-3H3/t14?,16-,17?,18-,21?/m1/s1. The highest BCUT2D eigenvalue weighted by Gasteiger charge is 2.67. The van der Waals surface area contributed by atoms with Crippen molar-refractivity contribution in [3.05, 3.63) is 48.0 Å². The van der Waals surface area contributed by atoms with Gasteiger partial charge in [-0.15, -0.1) is 0 Å². The summed E-state index contributed by atoms with van der Waals surface area (Å²) in [5, 5.41) is 0. The highest BCUT2D eigenvalue weighted by molar-refractivity contribution is 5.91. The zero-order valence-electron chi connectivity index (χ0n) is 15.4. The van der Waals surface area contributed by atoms with Gasteiger partial charge in [-0.25, -0.2) is 0 Å². The van der Waals surface area contributed by atoms with Gasteiger partial charge in [0, 0.05) is 0 Å². The van der Waals surface area contributed by atoms with Gasteiger partial charge < -0.3 is 14.4 Å². The van der Waals surface area contributed by atoms with Crippen LogP contribution in [0, 0.1) is 17.8 Å². The van der Waals surface area contributed by atoms with E-state index in [2.05, 4.69) is 0 Å². The molecular weight excluding hydrogens is 330 g/mol. The van der Waals surface area contributed by atoms with Gasteiger partial charge in [0.2, 0.25) is 5.91 Å². The molecule has 1 amide bonds. The summed E-state index contributed by atoms with van der Waals surface area (Å²) in [6.45, 7) is 6.86. The Kier molecular flexibility index (Phi) is 4.14. The fourth-order valence-electron chi connectivity index (χ4n) is 4.38. The number of esters is 1. The molecule has 5 heteroatoms. The summed E-state index contributed by atoms with van der Waals surface area (Å²) in [5.41, 5.74) is 0.390. The molecule has 0 radical (unpaired) electrons. The molecular formula is C21H25NO4. The van der Waals surface area contributed by atoms with E-state index in [-0.39, 0.29) is 29.9 Å². The summed E-state index contributed by atoms with van der Waals surface area (Å²) < 4.78 is 11.6. The van der Waals surface area contributed by atoms with Gasteiger partial charge in [-0.1, -0.05) is 56.3 Å². The Labute approximate surface area is 154 Å². The second-order valence-corrected chi connectivity index (χ2v) is 7.98. The number of hydrogen-bond donors (Lipinski definition) is 0. The number of carbonyl (C=O) groups excluding carboxylic acids is 2. The van der Waals surface area contributed by atoms with Crippen LogP contribution in [-0.2, 0) is 19.1 Å². The third-order valence-corrected chi connectivity index (χ3v) is 5.71. The maximum Gasteiger partial charge on any atom is 0.312 e. The second kappa shape index (κ2) is 6.23. The first-order valence-corrected chi connectivity index (χ1v) is 9.32. The van der Waals surface area contributed by atoms with Crippen molar-refractivity contribution < 1.29 is 19.1 Å². The largest absolute Gasteiger partial charge is 0.465 e. The van der Waals surface area contributed by atoms with Crippen molar-refractivity contribution in [2.75, 3.05) is 13.2 Å². The highest BCUT2D eigenvalue weighted by Crippen LogP contribution is 2.53. The van der Waals surface area contributed by atoms with Crippen molar-refractivity contribution >= 4 is 11.9 Å². The number of nitrogens with zero attached hydrogens (tertiary/aromatic N) is 1. The van der Waals surface area contributed by atoms with Gasteiger partial charge in [0.15, 0.2) is 0 Å². The van der Waals surface area contributed by atoms with E-state index in [0.717, 1.165) is 5.56 Å². The van der Waals surface area contributed by atoms with E-state index >= 15 is 0 Å². The first kappa shape index (κ1) is 17.3. The van der Waals surface area contributed by atoms with Crippen LogP contribution in [0.2, 0.25) is 0 Å². The van der Waals surface area contributed by atoms with Crippen molar-refractivity contribution in [3.8, 4) is 0 Å². The molecule has 1 aromatic rings. The average molecular weight is 355 g/mol. The van der Waals surface area contributed by atoms with Crippen LogP contribution in [0.1, 0.15) is 32.4 Å². The zero-order chi connectivity index (χ0) is 18.5. The molecule has 5 atom stereocenters. The van der Waals surface area contributed by atoms with Crippen LogP contribution in [0.4, 0.5) is 0 Å². The second-order valence-electron chi connectivity index (χ2n) is 7.98. The number of rotatable bonds is 5. The first-order chi connectivity index (χ1) is 12.4.